The van der Waals surface area contributed by atoms with E-state index in [4.69, 9.17) is 32.7 Å². The second-order valence-electron chi connectivity index (χ2n) is 14.3. The number of nitrogens with one attached hydrogen (secondary N) is 1. The van der Waals surface area contributed by atoms with Crippen molar-refractivity contribution in [1.82, 2.24) is 4.98 Å². The number of carboxylic acids is 1. The lowest BCUT2D eigenvalue weighted by Crippen LogP contribution is -2.53. The predicted molar refractivity (Wildman–Crippen MR) is 185 cm³/mol. The van der Waals surface area contributed by atoms with Crippen molar-refractivity contribution in [3.63, 3.8) is 0 Å². The van der Waals surface area contributed by atoms with Gasteiger partial charge in [0, 0.05) is 28.2 Å². The number of halogens is 2. The minimum Gasteiger partial charge on any atom is -0.493 e. The molecule has 1 heterocycles. The van der Waals surface area contributed by atoms with E-state index in [1.165, 1.54) is 35.2 Å². The fourth-order valence-electron chi connectivity index (χ4n) is 8.45. The van der Waals surface area contributed by atoms with Crippen LogP contribution in [0.25, 0.3) is 0 Å². The Morgan fingerprint density at radius 3 is 2.59 bits per heavy atom. The van der Waals surface area contributed by atoms with Gasteiger partial charge in [0.25, 0.3) is 0 Å². The van der Waals surface area contributed by atoms with E-state index in [1.807, 2.05) is 38.2 Å². The molecule has 8 heteroatoms. The van der Waals surface area contributed by atoms with Crippen LogP contribution in [0.1, 0.15) is 101 Å². The van der Waals surface area contributed by atoms with Gasteiger partial charge in [-0.3, -0.25) is 4.98 Å². The molecule has 2 aromatic carbocycles. The van der Waals surface area contributed by atoms with Crippen molar-refractivity contribution in [2.24, 2.45) is 11.8 Å². The van der Waals surface area contributed by atoms with Crippen LogP contribution in [0.3, 0.4) is 0 Å². The molecular weight excluding hydrogens is 619 g/mol. The molecule has 1 saturated carbocycles. The average Bonchev–Trinajstić information content (AvgIpc) is 3.28. The molecule has 6 nitrogen and oxygen atoms in total. The van der Waals surface area contributed by atoms with Gasteiger partial charge < -0.3 is 19.9 Å². The number of anilines is 1. The number of fused-ring (bicyclic) bond motifs is 3. The number of carbonyl (C=O) groups is 1. The first-order valence-corrected chi connectivity index (χ1v) is 17.6. The number of rotatable bonds is 10. The van der Waals surface area contributed by atoms with Crippen molar-refractivity contribution in [1.29, 1.82) is 0 Å². The Bertz CT molecular complexity index is 1580. The third kappa shape index (κ3) is 6.44. The SMILES string of the molecule is CC(C)Oc1cc2c(cc1Cl)CC(C[C@@H](C)COc1ccnc3c1[C@H](C)CCC3)C21CCC(Nc2cccc(Cl)c2)(C(=O)O)CC1. The molecule has 0 bridgehead atoms. The lowest BCUT2D eigenvalue weighted by Gasteiger charge is -2.47. The normalized spacial score (nSPS) is 26.0. The van der Waals surface area contributed by atoms with Gasteiger partial charge >= 0.3 is 5.97 Å². The summed E-state index contributed by atoms with van der Waals surface area (Å²) in [6.45, 7) is 9.20. The summed E-state index contributed by atoms with van der Waals surface area (Å²) in [5.41, 5.74) is 4.46. The quantitative estimate of drug-likeness (QED) is 0.225. The minimum absolute atomic E-state index is 0.00423. The highest BCUT2D eigenvalue weighted by Gasteiger charge is 2.54. The Hall–Kier alpha value is -2.96. The van der Waals surface area contributed by atoms with Gasteiger partial charge in [0.15, 0.2) is 0 Å². The lowest BCUT2D eigenvalue weighted by molar-refractivity contribution is -0.144. The van der Waals surface area contributed by atoms with Gasteiger partial charge in [0.05, 0.1) is 17.7 Å². The number of aliphatic carboxylic acids is 1. The number of hydrogen-bond acceptors (Lipinski definition) is 5. The second-order valence-corrected chi connectivity index (χ2v) is 15.1. The molecule has 1 fully saturated rings. The second kappa shape index (κ2) is 13.3. The Morgan fingerprint density at radius 1 is 1.09 bits per heavy atom. The molecule has 1 unspecified atom stereocenters. The molecule has 3 atom stereocenters. The number of aryl methyl sites for hydroxylation is 1. The van der Waals surface area contributed by atoms with Crippen LogP contribution in [0.5, 0.6) is 11.5 Å². The first-order chi connectivity index (χ1) is 22.0. The van der Waals surface area contributed by atoms with Crippen LogP contribution in [0, 0.1) is 11.8 Å². The zero-order chi connectivity index (χ0) is 32.6. The van der Waals surface area contributed by atoms with Crippen molar-refractivity contribution >= 4 is 34.9 Å². The standard InChI is InChI=1S/C38H46Cl2N2O4/c1-23(2)46-34-21-30-26(19-31(34)40)18-27(17-24(3)22-45-33-11-16-41-32-10-5-7-25(4)35(32)33)37(30)12-14-38(15-13-37,36(43)44)42-29-9-6-8-28(39)20-29/h6,8-9,11,16,19-21,23-25,27,42H,5,7,10,12-15,17-18,22H2,1-4H3,(H,43,44)/t24-,25-,27?,37?,38?/m1/s1. The number of nitrogens with zero attached hydrogens (tertiary/aromatic N) is 1. The number of carboxylic acid groups (broad SMARTS) is 1. The maximum atomic E-state index is 12.9. The zero-order valence-electron chi connectivity index (χ0n) is 27.4. The number of benzene rings is 2. The zero-order valence-corrected chi connectivity index (χ0v) is 28.9. The molecule has 46 heavy (non-hydrogen) atoms. The van der Waals surface area contributed by atoms with Gasteiger partial charge in [-0.15, -0.1) is 0 Å². The number of pyridine rings is 1. The van der Waals surface area contributed by atoms with Crippen molar-refractivity contribution in [2.75, 3.05) is 11.9 Å². The van der Waals surface area contributed by atoms with E-state index >= 15 is 0 Å². The number of ether oxygens (including phenoxy) is 2. The molecule has 1 aromatic heterocycles. The molecule has 0 amide bonds. The van der Waals surface area contributed by atoms with Crippen LogP contribution in [0.2, 0.25) is 10.0 Å². The van der Waals surface area contributed by atoms with E-state index in [0.717, 1.165) is 43.5 Å². The largest absolute Gasteiger partial charge is 0.493 e. The van der Waals surface area contributed by atoms with Gasteiger partial charge in [-0.2, -0.15) is 0 Å². The molecule has 6 rings (SSSR count). The van der Waals surface area contributed by atoms with Crippen molar-refractivity contribution in [3.8, 4) is 11.5 Å². The lowest BCUT2D eigenvalue weighted by atomic mass is 9.59. The van der Waals surface area contributed by atoms with Gasteiger partial charge in [0.1, 0.15) is 17.0 Å². The molecule has 0 aliphatic heterocycles. The van der Waals surface area contributed by atoms with E-state index < -0.39 is 11.5 Å². The Labute approximate surface area is 283 Å². The summed E-state index contributed by atoms with van der Waals surface area (Å²) in [5, 5.41) is 15.2. The van der Waals surface area contributed by atoms with E-state index in [2.05, 4.69) is 36.3 Å². The fraction of sp³-hybridized carbons (Fsp3) is 0.526. The molecule has 0 radical (unpaired) electrons. The summed E-state index contributed by atoms with van der Waals surface area (Å²) >= 11 is 13.0. The van der Waals surface area contributed by atoms with Crippen molar-refractivity contribution in [2.45, 2.75) is 108 Å². The summed E-state index contributed by atoms with van der Waals surface area (Å²) in [4.78, 5) is 17.5. The first-order valence-electron chi connectivity index (χ1n) is 16.9. The Morgan fingerprint density at radius 2 is 1.87 bits per heavy atom. The average molecular weight is 666 g/mol. The van der Waals surface area contributed by atoms with Crippen LogP contribution in [-0.4, -0.2) is 34.3 Å². The predicted octanol–water partition coefficient (Wildman–Crippen LogP) is 9.64. The molecule has 0 saturated heterocycles. The summed E-state index contributed by atoms with van der Waals surface area (Å²) in [6.07, 6.45) is 9.61. The number of hydrogen-bond donors (Lipinski definition) is 2. The minimum atomic E-state index is -1.07. The topological polar surface area (TPSA) is 80.7 Å². The molecule has 3 aliphatic rings. The molecule has 1 spiro atoms. The highest BCUT2D eigenvalue weighted by molar-refractivity contribution is 6.32. The van der Waals surface area contributed by atoms with Crippen molar-refractivity contribution < 1.29 is 19.4 Å². The highest BCUT2D eigenvalue weighted by Crippen LogP contribution is 2.57. The maximum Gasteiger partial charge on any atom is 0.329 e. The van der Waals surface area contributed by atoms with E-state index in [9.17, 15) is 9.90 Å². The summed E-state index contributed by atoms with van der Waals surface area (Å²) in [7, 11) is 0. The summed E-state index contributed by atoms with van der Waals surface area (Å²) in [6, 6.07) is 13.6. The van der Waals surface area contributed by atoms with Gasteiger partial charge in [0.2, 0.25) is 0 Å². The third-order valence-electron chi connectivity index (χ3n) is 10.7. The molecular formula is C38H46Cl2N2O4. The molecule has 3 aromatic rings. The smallest absolute Gasteiger partial charge is 0.329 e. The van der Waals surface area contributed by atoms with Crippen molar-refractivity contribution in [3.05, 3.63) is 81.1 Å². The number of aromatic nitrogens is 1. The van der Waals surface area contributed by atoms with Crippen LogP contribution >= 0.6 is 23.2 Å². The van der Waals surface area contributed by atoms with Crippen LogP contribution in [-0.2, 0) is 23.1 Å². The van der Waals surface area contributed by atoms with Crippen LogP contribution in [0.4, 0.5) is 5.69 Å². The molecule has 246 valence electrons. The van der Waals surface area contributed by atoms with E-state index in [0.29, 0.717) is 53.0 Å². The van der Waals surface area contributed by atoms with E-state index in [1.54, 1.807) is 12.1 Å². The Kier molecular flexibility index (Phi) is 9.51. The Balaban J connectivity index is 1.26. The van der Waals surface area contributed by atoms with Gasteiger partial charge in [-0.25, -0.2) is 4.79 Å². The van der Waals surface area contributed by atoms with Gasteiger partial charge in [-0.05, 0) is 142 Å². The third-order valence-corrected chi connectivity index (χ3v) is 11.2. The van der Waals surface area contributed by atoms with E-state index in [-0.39, 0.29) is 11.5 Å². The summed E-state index contributed by atoms with van der Waals surface area (Å²) < 4.78 is 12.7. The first kappa shape index (κ1) is 33.0. The highest BCUT2D eigenvalue weighted by atomic mass is 35.5. The molecule has 3 aliphatic carbocycles. The molecule has 2 N–H and O–H groups in total. The summed E-state index contributed by atoms with van der Waals surface area (Å²) in [5.74, 6) is 1.95. The van der Waals surface area contributed by atoms with Gasteiger partial charge in [-0.1, -0.05) is 43.1 Å². The maximum absolute atomic E-state index is 12.9. The van der Waals surface area contributed by atoms with Crippen LogP contribution in [0.15, 0.2) is 48.7 Å². The fourth-order valence-corrected chi connectivity index (χ4v) is 8.87. The van der Waals surface area contributed by atoms with Crippen LogP contribution < -0.4 is 14.8 Å². The monoisotopic (exact) mass is 664 g/mol.